The van der Waals surface area contributed by atoms with E-state index in [1.165, 1.54) is 6.42 Å². The van der Waals surface area contributed by atoms with Gasteiger partial charge >= 0.3 is 0 Å². The SMILES string of the molecule is CCC.CN=C(c1cccc(C)c1O)N(C)C. The number of rotatable bonds is 1. The minimum atomic E-state index is 0.307. The molecule has 0 aromatic heterocycles. The number of nitrogens with zero attached hydrogens (tertiary/aromatic N) is 2. The van der Waals surface area contributed by atoms with Crippen molar-refractivity contribution >= 4 is 5.84 Å². The number of aliphatic imine (C=N–C) groups is 1. The van der Waals surface area contributed by atoms with Crippen LogP contribution in [-0.4, -0.2) is 37.0 Å². The van der Waals surface area contributed by atoms with Gasteiger partial charge in [0.05, 0.1) is 5.56 Å². The van der Waals surface area contributed by atoms with Gasteiger partial charge in [-0.3, -0.25) is 4.99 Å². The van der Waals surface area contributed by atoms with Crippen LogP contribution < -0.4 is 0 Å². The normalized spacial score (nSPS) is 10.6. The van der Waals surface area contributed by atoms with Gasteiger partial charge in [-0.2, -0.15) is 0 Å². The molecule has 96 valence electrons. The first kappa shape index (κ1) is 15.5. The number of amidine groups is 1. The second-order valence-electron chi connectivity index (χ2n) is 4.12. The molecule has 0 heterocycles. The van der Waals surface area contributed by atoms with Gasteiger partial charge < -0.3 is 10.0 Å². The molecule has 0 aliphatic rings. The molecule has 0 unspecified atom stereocenters. The molecule has 0 atom stereocenters. The summed E-state index contributed by atoms with van der Waals surface area (Å²) in [7, 11) is 5.53. The van der Waals surface area contributed by atoms with Crippen molar-refractivity contribution in [3.8, 4) is 5.75 Å². The smallest absolute Gasteiger partial charge is 0.133 e. The molecule has 0 fully saturated rings. The Bertz CT molecular complexity index is 370. The van der Waals surface area contributed by atoms with Crippen molar-refractivity contribution in [3.63, 3.8) is 0 Å². The summed E-state index contributed by atoms with van der Waals surface area (Å²) in [5.74, 6) is 1.09. The van der Waals surface area contributed by atoms with E-state index in [0.717, 1.165) is 17.0 Å². The lowest BCUT2D eigenvalue weighted by molar-refractivity contribution is 0.467. The fourth-order valence-corrected chi connectivity index (χ4v) is 1.40. The van der Waals surface area contributed by atoms with Crippen LogP contribution in [0.1, 0.15) is 31.4 Å². The van der Waals surface area contributed by atoms with E-state index in [0.29, 0.717) is 5.75 Å². The minimum absolute atomic E-state index is 0.307. The Morgan fingerprint density at radius 3 is 2.24 bits per heavy atom. The van der Waals surface area contributed by atoms with Crippen molar-refractivity contribution in [2.75, 3.05) is 21.1 Å². The fourth-order valence-electron chi connectivity index (χ4n) is 1.40. The van der Waals surface area contributed by atoms with Crippen LogP contribution in [0, 0.1) is 6.92 Å². The second-order valence-corrected chi connectivity index (χ2v) is 4.12. The Labute approximate surface area is 105 Å². The average Bonchev–Trinajstić information content (AvgIpc) is 2.26. The van der Waals surface area contributed by atoms with Crippen LogP contribution in [0.15, 0.2) is 23.2 Å². The average molecular weight is 236 g/mol. The summed E-state index contributed by atoms with van der Waals surface area (Å²) in [4.78, 5) is 6.03. The van der Waals surface area contributed by atoms with Crippen LogP contribution >= 0.6 is 0 Å². The Morgan fingerprint density at radius 1 is 1.29 bits per heavy atom. The van der Waals surface area contributed by atoms with Gasteiger partial charge in [0, 0.05) is 21.1 Å². The number of aryl methyl sites for hydroxylation is 1. The largest absolute Gasteiger partial charge is 0.507 e. The zero-order valence-electron chi connectivity index (χ0n) is 11.8. The molecule has 17 heavy (non-hydrogen) atoms. The van der Waals surface area contributed by atoms with E-state index in [2.05, 4.69) is 18.8 Å². The lowest BCUT2D eigenvalue weighted by Crippen LogP contribution is -2.23. The third-order valence-electron chi connectivity index (χ3n) is 2.11. The summed E-state index contributed by atoms with van der Waals surface area (Å²) in [5, 5.41) is 9.84. The van der Waals surface area contributed by atoms with Crippen LogP contribution in [0.5, 0.6) is 5.75 Å². The first-order valence-electron chi connectivity index (χ1n) is 5.92. The number of benzene rings is 1. The summed E-state index contributed by atoms with van der Waals surface area (Å²) >= 11 is 0. The number of phenolic OH excluding ortho intramolecular Hbond substituents is 1. The van der Waals surface area contributed by atoms with Crippen molar-refractivity contribution in [2.24, 2.45) is 4.99 Å². The number of hydrogen-bond acceptors (Lipinski definition) is 2. The van der Waals surface area contributed by atoms with Crippen LogP contribution in [0.25, 0.3) is 0 Å². The molecule has 3 nitrogen and oxygen atoms in total. The monoisotopic (exact) mass is 236 g/mol. The highest BCUT2D eigenvalue weighted by molar-refractivity contribution is 6.01. The molecule has 0 amide bonds. The summed E-state index contributed by atoms with van der Waals surface area (Å²) < 4.78 is 0. The van der Waals surface area contributed by atoms with Crippen LogP contribution in [0.4, 0.5) is 0 Å². The number of hydrogen-bond donors (Lipinski definition) is 1. The fraction of sp³-hybridized carbons (Fsp3) is 0.500. The summed E-state index contributed by atoms with van der Waals surface area (Å²) in [6.07, 6.45) is 1.25. The van der Waals surface area contributed by atoms with E-state index < -0.39 is 0 Å². The maximum atomic E-state index is 9.84. The standard InChI is InChI=1S/C11H16N2O.C3H8/c1-8-6-5-7-9(10(8)14)11(12-2)13(3)4;1-3-2/h5-7,14H,1-4H3;3H2,1-2H3. The van der Waals surface area contributed by atoms with Gasteiger partial charge in [0.25, 0.3) is 0 Å². The second kappa shape index (κ2) is 7.71. The van der Waals surface area contributed by atoms with E-state index in [-0.39, 0.29) is 0 Å². The predicted molar refractivity (Wildman–Crippen MR) is 75.0 cm³/mol. The van der Waals surface area contributed by atoms with E-state index >= 15 is 0 Å². The molecule has 0 radical (unpaired) electrons. The molecule has 0 spiro atoms. The zero-order valence-corrected chi connectivity index (χ0v) is 11.8. The first-order chi connectivity index (χ1) is 7.99. The molecule has 3 heteroatoms. The molecule has 0 saturated heterocycles. The van der Waals surface area contributed by atoms with Crippen molar-refractivity contribution < 1.29 is 5.11 Å². The molecule has 0 aliphatic carbocycles. The van der Waals surface area contributed by atoms with Gasteiger partial charge in [0.1, 0.15) is 11.6 Å². The molecule has 1 rings (SSSR count). The van der Waals surface area contributed by atoms with Crippen LogP contribution in [-0.2, 0) is 0 Å². The molecule has 0 aliphatic heterocycles. The topological polar surface area (TPSA) is 35.8 Å². The van der Waals surface area contributed by atoms with Crippen molar-refractivity contribution in [1.29, 1.82) is 0 Å². The van der Waals surface area contributed by atoms with Crippen molar-refractivity contribution in [2.45, 2.75) is 27.2 Å². The summed E-state index contributed by atoms with van der Waals surface area (Å²) in [6.45, 7) is 6.13. The third-order valence-corrected chi connectivity index (χ3v) is 2.11. The van der Waals surface area contributed by atoms with Gasteiger partial charge in [-0.15, -0.1) is 0 Å². The maximum Gasteiger partial charge on any atom is 0.133 e. The highest BCUT2D eigenvalue weighted by Crippen LogP contribution is 2.22. The van der Waals surface area contributed by atoms with Gasteiger partial charge in [0.15, 0.2) is 0 Å². The van der Waals surface area contributed by atoms with Crippen molar-refractivity contribution in [3.05, 3.63) is 29.3 Å². The van der Waals surface area contributed by atoms with Crippen molar-refractivity contribution in [1.82, 2.24) is 4.90 Å². The predicted octanol–water partition coefficient (Wildman–Crippen LogP) is 3.05. The molecule has 1 N–H and O–H groups in total. The molecule has 1 aromatic carbocycles. The quantitative estimate of drug-likeness (QED) is 0.601. The number of para-hydroxylation sites is 1. The molecule has 0 saturated carbocycles. The van der Waals surface area contributed by atoms with E-state index in [1.807, 2.05) is 44.1 Å². The third kappa shape index (κ3) is 4.47. The maximum absolute atomic E-state index is 9.84. The highest BCUT2D eigenvalue weighted by atomic mass is 16.3. The summed E-state index contributed by atoms with van der Waals surface area (Å²) in [5.41, 5.74) is 1.64. The van der Waals surface area contributed by atoms with E-state index in [1.54, 1.807) is 7.05 Å². The van der Waals surface area contributed by atoms with Gasteiger partial charge in [0.2, 0.25) is 0 Å². The summed E-state index contributed by atoms with van der Waals surface area (Å²) in [6, 6.07) is 5.66. The lowest BCUT2D eigenvalue weighted by atomic mass is 10.1. The highest BCUT2D eigenvalue weighted by Gasteiger charge is 2.11. The van der Waals surface area contributed by atoms with Crippen LogP contribution in [0.2, 0.25) is 0 Å². The van der Waals surface area contributed by atoms with Gasteiger partial charge in [-0.1, -0.05) is 32.4 Å². The molecule has 0 bridgehead atoms. The molecular weight excluding hydrogens is 212 g/mol. The Hall–Kier alpha value is -1.51. The number of aromatic hydroxyl groups is 1. The zero-order chi connectivity index (χ0) is 13.4. The lowest BCUT2D eigenvalue weighted by Gasteiger charge is -2.17. The minimum Gasteiger partial charge on any atom is -0.507 e. The van der Waals surface area contributed by atoms with Gasteiger partial charge in [-0.25, -0.2) is 0 Å². The van der Waals surface area contributed by atoms with Gasteiger partial charge in [-0.05, 0) is 18.6 Å². The van der Waals surface area contributed by atoms with E-state index in [9.17, 15) is 5.11 Å². The number of phenols is 1. The Kier molecular flexibility index (Phi) is 7.03. The Morgan fingerprint density at radius 2 is 1.82 bits per heavy atom. The molecular formula is C14H24N2O. The molecule has 1 aromatic rings. The van der Waals surface area contributed by atoms with E-state index in [4.69, 9.17) is 0 Å². The van der Waals surface area contributed by atoms with Crippen LogP contribution in [0.3, 0.4) is 0 Å². The Balaban J connectivity index is 0.000000770. The first-order valence-corrected chi connectivity index (χ1v) is 5.92.